The molecule has 1 spiro atoms. The SMILES string of the molecule is CCC[C@H](NC(=O)[C@@H]1C[C@]2(CC(c3ccc(CC)o3)=NO2)CN1C(=O)[C@@H](NC(=O)CC1CCCCC1)C(C)(C)C)C(=O)C(=O)NC1CC1. The molecule has 2 aliphatic carbocycles. The van der Waals surface area contributed by atoms with Gasteiger partial charge in [-0.05, 0) is 55.6 Å². The molecular formula is C36H53N5O7. The first-order valence-electron chi connectivity index (χ1n) is 17.9. The summed E-state index contributed by atoms with van der Waals surface area (Å²) in [6.07, 6.45) is 9.43. The maximum atomic E-state index is 14.5. The van der Waals surface area contributed by atoms with Crippen molar-refractivity contribution in [2.24, 2.45) is 16.5 Å². The summed E-state index contributed by atoms with van der Waals surface area (Å²) in [4.78, 5) is 75.3. The van der Waals surface area contributed by atoms with Crippen molar-refractivity contribution < 1.29 is 33.2 Å². The van der Waals surface area contributed by atoms with Gasteiger partial charge >= 0.3 is 0 Å². The maximum absolute atomic E-state index is 14.5. The normalized spacial score (nSPS) is 24.1. The van der Waals surface area contributed by atoms with Crippen LogP contribution in [0, 0.1) is 11.3 Å². The summed E-state index contributed by atoms with van der Waals surface area (Å²) in [6.45, 7) is 9.59. The van der Waals surface area contributed by atoms with Gasteiger partial charge in [0.05, 0.1) is 12.6 Å². The molecular weight excluding hydrogens is 614 g/mol. The van der Waals surface area contributed by atoms with Crippen LogP contribution < -0.4 is 16.0 Å². The lowest BCUT2D eigenvalue weighted by molar-refractivity contribution is -0.145. The fourth-order valence-corrected chi connectivity index (χ4v) is 7.14. The van der Waals surface area contributed by atoms with E-state index in [0.29, 0.717) is 36.7 Å². The van der Waals surface area contributed by atoms with Gasteiger partial charge in [0.1, 0.15) is 23.6 Å². The van der Waals surface area contributed by atoms with Crippen molar-refractivity contribution in [3.63, 3.8) is 0 Å². The Kier molecular flexibility index (Phi) is 11.0. The van der Waals surface area contributed by atoms with Crippen molar-refractivity contribution in [3.8, 4) is 0 Å². The van der Waals surface area contributed by atoms with E-state index in [1.54, 1.807) is 0 Å². The van der Waals surface area contributed by atoms with E-state index in [0.717, 1.165) is 50.7 Å². The highest BCUT2D eigenvalue weighted by atomic mass is 16.7. The number of likely N-dealkylation sites (tertiary alicyclic amines) is 1. The molecule has 2 aliphatic heterocycles. The summed E-state index contributed by atoms with van der Waals surface area (Å²) in [7, 11) is 0. The van der Waals surface area contributed by atoms with E-state index in [1.807, 2.05) is 46.8 Å². The number of amides is 4. The van der Waals surface area contributed by atoms with Crippen molar-refractivity contribution in [2.45, 2.75) is 148 Å². The predicted molar refractivity (Wildman–Crippen MR) is 179 cm³/mol. The zero-order chi connectivity index (χ0) is 34.6. The summed E-state index contributed by atoms with van der Waals surface area (Å²) in [5.74, 6) is -0.838. The van der Waals surface area contributed by atoms with Crippen molar-refractivity contribution >= 4 is 35.1 Å². The molecule has 1 aromatic rings. The molecule has 0 bridgehead atoms. The molecule has 4 aliphatic rings. The van der Waals surface area contributed by atoms with Gasteiger partial charge < -0.3 is 30.1 Å². The Morgan fingerprint density at radius 2 is 1.75 bits per heavy atom. The number of oxime groups is 1. The number of aryl methyl sites for hydroxylation is 1. The fraction of sp³-hybridized carbons (Fsp3) is 0.722. The molecule has 3 heterocycles. The van der Waals surface area contributed by atoms with Gasteiger partial charge in [-0.3, -0.25) is 24.0 Å². The van der Waals surface area contributed by atoms with Gasteiger partial charge in [0.25, 0.3) is 5.91 Å². The smallest absolute Gasteiger partial charge is 0.289 e. The number of furan rings is 1. The number of Topliss-reactive ketones (excluding diaryl/α,β-unsaturated/α-hetero) is 1. The number of carbonyl (C=O) groups is 5. The molecule has 264 valence electrons. The number of carbonyl (C=O) groups excluding carboxylic acids is 5. The molecule has 1 aromatic heterocycles. The van der Waals surface area contributed by atoms with Crippen LogP contribution in [0.1, 0.15) is 123 Å². The number of ketones is 1. The number of nitrogens with zero attached hydrogens (tertiary/aromatic N) is 2. The average Bonchev–Trinajstić information content (AvgIpc) is 3.42. The molecule has 5 rings (SSSR count). The van der Waals surface area contributed by atoms with Crippen molar-refractivity contribution in [1.29, 1.82) is 0 Å². The van der Waals surface area contributed by atoms with Crippen molar-refractivity contribution in [2.75, 3.05) is 6.54 Å². The quantitative estimate of drug-likeness (QED) is 0.269. The lowest BCUT2D eigenvalue weighted by Gasteiger charge is -2.36. The number of hydrogen-bond acceptors (Lipinski definition) is 8. The zero-order valence-electron chi connectivity index (χ0n) is 29.2. The van der Waals surface area contributed by atoms with Crippen LogP contribution >= 0.6 is 0 Å². The third kappa shape index (κ3) is 8.47. The number of rotatable bonds is 13. The Hall–Kier alpha value is -3.70. The zero-order valence-corrected chi connectivity index (χ0v) is 29.2. The van der Waals surface area contributed by atoms with Gasteiger partial charge in [-0.2, -0.15) is 0 Å². The largest absolute Gasteiger partial charge is 0.460 e. The second kappa shape index (κ2) is 14.8. The Balaban J connectivity index is 1.37. The average molecular weight is 668 g/mol. The molecule has 1 saturated heterocycles. The highest BCUT2D eigenvalue weighted by Crippen LogP contribution is 2.40. The first kappa shape index (κ1) is 35.6. The summed E-state index contributed by atoms with van der Waals surface area (Å²) in [5, 5.41) is 12.9. The number of nitrogens with one attached hydrogen (secondary N) is 3. The highest BCUT2D eigenvalue weighted by Gasteiger charge is 2.56. The third-order valence-electron chi connectivity index (χ3n) is 10.1. The predicted octanol–water partition coefficient (Wildman–Crippen LogP) is 3.94. The van der Waals surface area contributed by atoms with E-state index in [1.165, 1.54) is 11.3 Å². The second-order valence-corrected chi connectivity index (χ2v) is 15.3. The van der Waals surface area contributed by atoms with Gasteiger partial charge in [-0.15, -0.1) is 0 Å². The molecule has 3 N–H and O–H groups in total. The standard InChI is InChI=1S/C36H53N5O7/c1-6-11-25(30(43)33(45)37-23-14-15-23)38-32(44)27-20-36(19-26(40-48-36)28-17-16-24(7-2)47-28)21-41(27)34(46)31(35(3,4)5)39-29(42)18-22-12-9-8-10-13-22/h16-17,22-23,25,27,31H,6-15,18-21H2,1-5H3,(H,37,45)(H,38,44)(H,39,42)/t25-,27-,31+,36+/m0/s1. The molecule has 3 fully saturated rings. The summed E-state index contributed by atoms with van der Waals surface area (Å²) >= 11 is 0. The van der Waals surface area contributed by atoms with Crippen LogP contribution in [-0.2, 0) is 35.2 Å². The summed E-state index contributed by atoms with van der Waals surface area (Å²) < 4.78 is 5.92. The minimum absolute atomic E-state index is 0.00108. The molecule has 2 saturated carbocycles. The van der Waals surface area contributed by atoms with Gasteiger partial charge in [-0.25, -0.2) is 0 Å². The molecule has 48 heavy (non-hydrogen) atoms. The van der Waals surface area contributed by atoms with Crippen LogP contribution in [0.5, 0.6) is 0 Å². The third-order valence-corrected chi connectivity index (χ3v) is 10.1. The molecule has 12 nitrogen and oxygen atoms in total. The van der Waals surface area contributed by atoms with E-state index in [2.05, 4.69) is 21.1 Å². The van der Waals surface area contributed by atoms with Crippen LogP contribution in [0.2, 0.25) is 0 Å². The summed E-state index contributed by atoms with van der Waals surface area (Å²) in [6, 6.07) is 0.769. The van der Waals surface area contributed by atoms with E-state index >= 15 is 0 Å². The minimum atomic E-state index is -1.03. The molecule has 0 radical (unpaired) electrons. The molecule has 4 atom stereocenters. The van der Waals surface area contributed by atoms with Crippen LogP contribution in [-0.4, -0.2) is 76.3 Å². The van der Waals surface area contributed by atoms with E-state index in [9.17, 15) is 24.0 Å². The van der Waals surface area contributed by atoms with Crippen LogP contribution in [0.15, 0.2) is 21.7 Å². The van der Waals surface area contributed by atoms with Crippen LogP contribution in [0.4, 0.5) is 0 Å². The molecule has 12 heteroatoms. The van der Waals surface area contributed by atoms with E-state index < -0.39 is 52.6 Å². The highest BCUT2D eigenvalue weighted by molar-refractivity contribution is 6.38. The Labute approximate surface area is 283 Å². The Bertz CT molecular complexity index is 1400. The summed E-state index contributed by atoms with van der Waals surface area (Å²) in [5.41, 5.74) is -1.08. The van der Waals surface area contributed by atoms with Crippen molar-refractivity contribution in [3.05, 3.63) is 23.7 Å². The Morgan fingerprint density at radius 3 is 2.38 bits per heavy atom. The van der Waals surface area contributed by atoms with Crippen LogP contribution in [0.3, 0.4) is 0 Å². The lowest BCUT2D eigenvalue weighted by Crippen LogP contribution is -2.59. The minimum Gasteiger partial charge on any atom is -0.460 e. The Morgan fingerprint density at radius 1 is 1.02 bits per heavy atom. The molecule has 0 aromatic carbocycles. The fourth-order valence-electron chi connectivity index (χ4n) is 7.14. The second-order valence-electron chi connectivity index (χ2n) is 15.3. The topological polar surface area (TPSA) is 159 Å². The first-order valence-corrected chi connectivity index (χ1v) is 17.9. The van der Waals surface area contributed by atoms with Gasteiger partial charge in [0, 0.05) is 31.7 Å². The van der Waals surface area contributed by atoms with Gasteiger partial charge in [-0.1, -0.05) is 65.5 Å². The molecule has 0 unspecified atom stereocenters. The van der Waals surface area contributed by atoms with Gasteiger partial charge in [0.2, 0.25) is 23.5 Å². The van der Waals surface area contributed by atoms with E-state index in [4.69, 9.17) is 9.25 Å². The van der Waals surface area contributed by atoms with Crippen LogP contribution in [0.25, 0.3) is 0 Å². The van der Waals surface area contributed by atoms with Gasteiger partial charge in [0.15, 0.2) is 11.4 Å². The molecule has 4 amide bonds. The number of hydrogen-bond donors (Lipinski definition) is 3. The monoisotopic (exact) mass is 667 g/mol. The van der Waals surface area contributed by atoms with Crippen molar-refractivity contribution in [1.82, 2.24) is 20.9 Å². The lowest BCUT2D eigenvalue weighted by atomic mass is 9.84. The first-order chi connectivity index (χ1) is 22.8. The maximum Gasteiger partial charge on any atom is 0.289 e. The van der Waals surface area contributed by atoms with E-state index in [-0.39, 0.29) is 31.3 Å².